The Morgan fingerprint density at radius 1 is 1.21 bits per heavy atom. The molecule has 1 unspecified atom stereocenters. The molecule has 0 saturated heterocycles. The number of nitrogens with one attached hydrogen (secondary N) is 4. The molecule has 0 spiro atoms. The van der Waals surface area contributed by atoms with Gasteiger partial charge in [0.05, 0.1) is 36.2 Å². The van der Waals surface area contributed by atoms with Gasteiger partial charge in [0.1, 0.15) is 11.6 Å². The van der Waals surface area contributed by atoms with Crippen molar-refractivity contribution in [3.05, 3.63) is 41.0 Å². The molecule has 3 rings (SSSR count). The summed E-state index contributed by atoms with van der Waals surface area (Å²) in [6.45, 7) is 1.83. The second-order valence-corrected chi connectivity index (χ2v) is 6.43. The average molecular weight is 419 g/mol. The second kappa shape index (κ2) is 8.65. The lowest BCUT2D eigenvalue weighted by Gasteiger charge is -2.16. The number of H-pyrrole nitrogens is 1. The van der Waals surface area contributed by atoms with Crippen molar-refractivity contribution in [1.29, 1.82) is 0 Å². The summed E-state index contributed by atoms with van der Waals surface area (Å²) in [5.74, 6) is 1.12. The van der Waals surface area contributed by atoms with Crippen LogP contribution in [0, 0.1) is 0 Å². The number of hydrogen-bond acceptors (Lipinski definition) is 6. The molecule has 3 amide bonds. The molecule has 1 aromatic carbocycles. The Hall–Kier alpha value is -3.53. The maximum atomic E-state index is 12.3. The number of carbonyl (C=O) groups is 2. The summed E-state index contributed by atoms with van der Waals surface area (Å²) in [6, 6.07) is 6.14. The number of aromatic amines is 1. The van der Waals surface area contributed by atoms with E-state index >= 15 is 0 Å². The molecule has 11 heteroatoms. The van der Waals surface area contributed by atoms with Crippen LogP contribution < -0.4 is 20.7 Å². The van der Waals surface area contributed by atoms with E-state index in [9.17, 15) is 9.59 Å². The Kier molecular flexibility index (Phi) is 6.03. The van der Waals surface area contributed by atoms with Crippen LogP contribution in [0.25, 0.3) is 10.9 Å². The van der Waals surface area contributed by atoms with Gasteiger partial charge in [-0.1, -0.05) is 17.7 Å². The summed E-state index contributed by atoms with van der Waals surface area (Å²) >= 11 is 6.03. The highest BCUT2D eigenvalue weighted by Crippen LogP contribution is 2.28. The van der Waals surface area contributed by atoms with E-state index in [1.165, 1.54) is 20.4 Å². The van der Waals surface area contributed by atoms with Gasteiger partial charge in [-0.05, 0) is 24.6 Å². The molecule has 1 atom stereocenters. The quantitative estimate of drug-likeness (QED) is 0.500. The molecule has 3 aromatic rings. The van der Waals surface area contributed by atoms with E-state index in [4.69, 9.17) is 16.3 Å². The van der Waals surface area contributed by atoms with Crippen molar-refractivity contribution in [2.75, 3.05) is 24.9 Å². The number of methoxy groups -OCH3 is 2. The average Bonchev–Trinajstić information content (AvgIpc) is 3.09. The Bertz CT molecular complexity index is 1050. The number of halogens is 1. The Morgan fingerprint density at radius 2 is 2.00 bits per heavy atom. The molecule has 0 fully saturated rings. The molecule has 0 bridgehead atoms. The zero-order chi connectivity index (χ0) is 21.0. The lowest BCUT2D eigenvalue weighted by atomic mass is 10.1. The number of pyridine rings is 1. The standard InChI is InChI=1S/C18H19ClN6O4/c1-9(10-4-5-12(19)14(6-10)28-2)21-17(26)22-15-7-13-11(8-20-15)16(25-24-13)23-18(27)29-3/h4-9H,1-3H3,(H2,20,21,22,26)(H2,23,24,25,27). The lowest BCUT2D eigenvalue weighted by molar-refractivity contribution is 0.187. The molecule has 2 aromatic heterocycles. The van der Waals surface area contributed by atoms with Crippen molar-refractivity contribution < 1.29 is 19.1 Å². The SMILES string of the molecule is COC(=O)Nc1n[nH]c2cc(NC(=O)NC(C)c3ccc(Cl)c(OC)c3)ncc12. The molecule has 152 valence electrons. The van der Waals surface area contributed by atoms with E-state index in [1.54, 1.807) is 24.3 Å². The molecule has 0 aliphatic carbocycles. The number of benzene rings is 1. The van der Waals surface area contributed by atoms with Crippen LogP contribution in [0.15, 0.2) is 30.5 Å². The Labute approximate surface area is 170 Å². The fourth-order valence-corrected chi connectivity index (χ4v) is 2.80. The van der Waals surface area contributed by atoms with Gasteiger partial charge in [-0.3, -0.25) is 15.7 Å². The number of carbonyl (C=O) groups excluding carboxylic acids is 2. The van der Waals surface area contributed by atoms with Crippen LogP contribution in [0.5, 0.6) is 5.75 Å². The first-order valence-corrected chi connectivity index (χ1v) is 8.89. The Morgan fingerprint density at radius 3 is 2.72 bits per heavy atom. The second-order valence-electron chi connectivity index (χ2n) is 6.02. The van der Waals surface area contributed by atoms with E-state index in [0.717, 1.165) is 5.56 Å². The molecule has 10 nitrogen and oxygen atoms in total. The van der Waals surface area contributed by atoms with Gasteiger partial charge in [0, 0.05) is 12.3 Å². The number of fused-ring (bicyclic) bond motifs is 1. The summed E-state index contributed by atoms with van der Waals surface area (Å²) in [6.07, 6.45) is 0.834. The molecule has 0 saturated carbocycles. The number of aromatic nitrogens is 3. The highest BCUT2D eigenvalue weighted by Gasteiger charge is 2.14. The summed E-state index contributed by atoms with van der Waals surface area (Å²) < 4.78 is 9.74. The van der Waals surface area contributed by atoms with E-state index in [1.807, 2.05) is 6.92 Å². The summed E-state index contributed by atoms with van der Waals surface area (Å²) in [5.41, 5.74) is 1.41. The topological polar surface area (TPSA) is 130 Å². The van der Waals surface area contributed by atoms with E-state index in [-0.39, 0.29) is 11.9 Å². The minimum absolute atomic E-state index is 0.278. The third-order valence-corrected chi connectivity index (χ3v) is 4.43. The molecule has 0 radical (unpaired) electrons. The first-order chi connectivity index (χ1) is 13.9. The van der Waals surface area contributed by atoms with Crippen molar-refractivity contribution in [2.24, 2.45) is 0 Å². The number of urea groups is 1. The zero-order valence-electron chi connectivity index (χ0n) is 15.9. The van der Waals surface area contributed by atoms with Crippen molar-refractivity contribution in [2.45, 2.75) is 13.0 Å². The third-order valence-electron chi connectivity index (χ3n) is 4.12. The highest BCUT2D eigenvalue weighted by molar-refractivity contribution is 6.32. The van der Waals surface area contributed by atoms with Crippen LogP contribution in [0.3, 0.4) is 0 Å². The van der Waals surface area contributed by atoms with Crippen LogP contribution in [0.4, 0.5) is 21.2 Å². The zero-order valence-corrected chi connectivity index (χ0v) is 16.6. The van der Waals surface area contributed by atoms with Crippen molar-refractivity contribution in [1.82, 2.24) is 20.5 Å². The van der Waals surface area contributed by atoms with Gasteiger partial charge in [-0.15, -0.1) is 0 Å². The summed E-state index contributed by atoms with van der Waals surface area (Å²) in [4.78, 5) is 27.8. The predicted molar refractivity (Wildman–Crippen MR) is 108 cm³/mol. The van der Waals surface area contributed by atoms with Crippen LogP contribution in [-0.4, -0.2) is 41.5 Å². The Balaban J connectivity index is 1.67. The number of amides is 3. The van der Waals surface area contributed by atoms with Gasteiger partial charge < -0.3 is 14.8 Å². The van der Waals surface area contributed by atoms with E-state index in [2.05, 4.69) is 35.9 Å². The molecular formula is C18H19ClN6O4. The van der Waals surface area contributed by atoms with Crippen molar-refractivity contribution in [3.63, 3.8) is 0 Å². The number of hydrogen-bond donors (Lipinski definition) is 4. The van der Waals surface area contributed by atoms with Gasteiger partial charge in [0.15, 0.2) is 5.82 Å². The third kappa shape index (κ3) is 4.66. The highest BCUT2D eigenvalue weighted by atomic mass is 35.5. The maximum absolute atomic E-state index is 12.3. The normalized spacial score (nSPS) is 11.6. The van der Waals surface area contributed by atoms with Gasteiger partial charge >= 0.3 is 12.1 Å². The van der Waals surface area contributed by atoms with E-state index < -0.39 is 12.1 Å². The van der Waals surface area contributed by atoms with E-state index in [0.29, 0.717) is 27.5 Å². The predicted octanol–water partition coefficient (Wildman–Crippen LogP) is 3.68. The minimum atomic E-state index is -0.646. The smallest absolute Gasteiger partial charge is 0.412 e. The van der Waals surface area contributed by atoms with Crippen molar-refractivity contribution in [3.8, 4) is 5.75 Å². The molecular weight excluding hydrogens is 400 g/mol. The van der Waals surface area contributed by atoms with Crippen LogP contribution in [-0.2, 0) is 4.74 Å². The lowest BCUT2D eigenvalue weighted by Crippen LogP contribution is -2.31. The number of rotatable bonds is 5. The van der Waals surface area contributed by atoms with Gasteiger partial charge in [0.25, 0.3) is 0 Å². The summed E-state index contributed by atoms with van der Waals surface area (Å²) in [7, 11) is 2.78. The number of nitrogens with zero attached hydrogens (tertiary/aromatic N) is 2. The maximum Gasteiger partial charge on any atom is 0.412 e. The van der Waals surface area contributed by atoms with Crippen LogP contribution >= 0.6 is 11.6 Å². The monoisotopic (exact) mass is 418 g/mol. The van der Waals surface area contributed by atoms with Crippen molar-refractivity contribution >= 4 is 46.3 Å². The summed E-state index contributed by atoms with van der Waals surface area (Å²) in [5, 5.41) is 15.7. The molecule has 0 aliphatic heterocycles. The number of anilines is 2. The van der Waals surface area contributed by atoms with Gasteiger partial charge in [-0.2, -0.15) is 5.10 Å². The minimum Gasteiger partial charge on any atom is -0.495 e. The largest absolute Gasteiger partial charge is 0.495 e. The van der Waals surface area contributed by atoms with Crippen LogP contribution in [0.1, 0.15) is 18.5 Å². The molecule has 0 aliphatic rings. The van der Waals surface area contributed by atoms with Gasteiger partial charge in [0.2, 0.25) is 0 Å². The first-order valence-electron chi connectivity index (χ1n) is 8.51. The fourth-order valence-electron chi connectivity index (χ4n) is 2.60. The molecule has 4 N–H and O–H groups in total. The van der Waals surface area contributed by atoms with Gasteiger partial charge in [-0.25, -0.2) is 14.6 Å². The first kappa shape index (κ1) is 20.2. The fraction of sp³-hybridized carbons (Fsp3) is 0.222. The molecule has 29 heavy (non-hydrogen) atoms. The van der Waals surface area contributed by atoms with Crippen LogP contribution in [0.2, 0.25) is 5.02 Å². The molecule has 2 heterocycles. The number of ether oxygens (including phenoxy) is 2.